The third-order valence-corrected chi connectivity index (χ3v) is 4.73. The summed E-state index contributed by atoms with van der Waals surface area (Å²) in [5, 5.41) is 12.2. The smallest absolute Gasteiger partial charge is 0.227 e. The molecule has 1 saturated heterocycles. The summed E-state index contributed by atoms with van der Waals surface area (Å²) in [6.45, 7) is 1.48. The predicted molar refractivity (Wildman–Crippen MR) is 96.1 cm³/mol. The van der Waals surface area contributed by atoms with Crippen LogP contribution < -0.4 is 10.2 Å². The van der Waals surface area contributed by atoms with Gasteiger partial charge in [0, 0.05) is 30.4 Å². The number of amides is 1. The Kier molecular flexibility index (Phi) is 5.20. The van der Waals surface area contributed by atoms with E-state index < -0.39 is 0 Å². The number of nitriles is 1. The van der Waals surface area contributed by atoms with Crippen molar-refractivity contribution in [2.24, 2.45) is 5.92 Å². The second-order valence-corrected chi connectivity index (χ2v) is 6.44. The van der Waals surface area contributed by atoms with Crippen molar-refractivity contribution >= 4 is 28.9 Å². The van der Waals surface area contributed by atoms with Gasteiger partial charge in [-0.25, -0.2) is 4.39 Å². The molecular formula is C19H17ClFN3O. The third-order valence-electron chi connectivity index (χ3n) is 4.42. The number of nitrogens with one attached hydrogen (secondary N) is 1. The van der Waals surface area contributed by atoms with Crippen molar-refractivity contribution in [2.45, 2.75) is 12.8 Å². The molecule has 2 aromatic carbocycles. The summed E-state index contributed by atoms with van der Waals surface area (Å²) in [6.07, 6.45) is 1.45. The first kappa shape index (κ1) is 17.2. The van der Waals surface area contributed by atoms with Crippen molar-refractivity contribution < 1.29 is 9.18 Å². The number of nitrogens with zero attached hydrogens (tertiary/aromatic N) is 2. The van der Waals surface area contributed by atoms with Crippen molar-refractivity contribution in [3.8, 4) is 6.07 Å². The van der Waals surface area contributed by atoms with Crippen LogP contribution in [0.4, 0.5) is 15.8 Å². The van der Waals surface area contributed by atoms with Gasteiger partial charge in [-0.15, -0.1) is 0 Å². The number of carbonyl (C=O) groups excluding carboxylic acids is 1. The molecule has 0 aliphatic carbocycles. The lowest BCUT2D eigenvalue weighted by Crippen LogP contribution is -2.38. The van der Waals surface area contributed by atoms with Crippen LogP contribution in [0, 0.1) is 23.1 Å². The second kappa shape index (κ2) is 7.54. The minimum Gasteiger partial charge on any atom is -0.371 e. The van der Waals surface area contributed by atoms with Crippen molar-refractivity contribution in [3.05, 3.63) is 58.9 Å². The first-order valence-electron chi connectivity index (χ1n) is 8.08. The molecule has 1 heterocycles. The number of carbonyl (C=O) groups is 1. The van der Waals surface area contributed by atoms with E-state index in [9.17, 15) is 9.18 Å². The fourth-order valence-corrected chi connectivity index (χ4v) is 3.19. The first-order valence-corrected chi connectivity index (χ1v) is 8.45. The Morgan fingerprint density at radius 3 is 2.48 bits per heavy atom. The van der Waals surface area contributed by atoms with Crippen molar-refractivity contribution in [1.82, 2.24) is 0 Å². The molecule has 0 unspecified atom stereocenters. The Labute approximate surface area is 150 Å². The number of piperidine rings is 1. The predicted octanol–water partition coefficient (Wildman–Crippen LogP) is 4.21. The second-order valence-electron chi connectivity index (χ2n) is 6.03. The van der Waals surface area contributed by atoms with E-state index in [1.807, 2.05) is 12.1 Å². The first-order chi connectivity index (χ1) is 12.1. The molecule has 0 radical (unpaired) electrons. The summed E-state index contributed by atoms with van der Waals surface area (Å²) in [6, 6.07) is 13.2. The largest absolute Gasteiger partial charge is 0.371 e. The van der Waals surface area contributed by atoms with E-state index in [0.29, 0.717) is 16.3 Å². The standard InChI is InChI=1S/C19H17ClFN3O/c20-18-11-17(6-1-14(18)12-22)24-9-7-13(8-10-24)19(25)23-16-4-2-15(21)3-5-16/h1-6,11,13H,7-10H2,(H,23,25). The molecule has 1 aliphatic rings. The van der Waals surface area contributed by atoms with Gasteiger partial charge in [-0.1, -0.05) is 11.6 Å². The monoisotopic (exact) mass is 357 g/mol. The highest BCUT2D eigenvalue weighted by Gasteiger charge is 2.25. The molecular weight excluding hydrogens is 341 g/mol. The topological polar surface area (TPSA) is 56.1 Å². The number of anilines is 2. The number of halogens is 2. The molecule has 1 amide bonds. The maximum absolute atomic E-state index is 12.9. The van der Waals surface area contributed by atoms with E-state index in [2.05, 4.69) is 10.2 Å². The number of rotatable bonds is 3. The van der Waals surface area contributed by atoms with Crippen LogP contribution in [0.25, 0.3) is 0 Å². The number of benzene rings is 2. The number of hydrogen-bond donors (Lipinski definition) is 1. The van der Waals surface area contributed by atoms with Gasteiger partial charge in [0.25, 0.3) is 0 Å². The Balaban J connectivity index is 1.58. The van der Waals surface area contributed by atoms with Gasteiger partial charge < -0.3 is 10.2 Å². The quantitative estimate of drug-likeness (QED) is 0.895. The van der Waals surface area contributed by atoms with E-state index in [0.717, 1.165) is 31.6 Å². The van der Waals surface area contributed by atoms with Crippen LogP contribution >= 0.6 is 11.6 Å². The molecule has 1 fully saturated rings. The molecule has 1 aliphatic heterocycles. The van der Waals surface area contributed by atoms with Gasteiger partial charge >= 0.3 is 0 Å². The Bertz CT molecular complexity index is 808. The van der Waals surface area contributed by atoms with E-state index in [-0.39, 0.29) is 17.6 Å². The lowest BCUT2D eigenvalue weighted by molar-refractivity contribution is -0.120. The summed E-state index contributed by atoms with van der Waals surface area (Å²) in [4.78, 5) is 14.5. The molecule has 0 bridgehead atoms. The molecule has 25 heavy (non-hydrogen) atoms. The zero-order valence-electron chi connectivity index (χ0n) is 13.5. The molecule has 4 nitrogen and oxygen atoms in total. The summed E-state index contributed by atoms with van der Waals surface area (Å²) in [5.41, 5.74) is 2.02. The lowest BCUT2D eigenvalue weighted by Gasteiger charge is -2.33. The number of hydrogen-bond acceptors (Lipinski definition) is 3. The zero-order valence-corrected chi connectivity index (χ0v) is 14.3. The van der Waals surface area contributed by atoms with Crippen molar-refractivity contribution in [2.75, 3.05) is 23.3 Å². The molecule has 0 aromatic heterocycles. The average Bonchev–Trinajstić information content (AvgIpc) is 2.63. The zero-order chi connectivity index (χ0) is 17.8. The third kappa shape index (κ3) is 4.09. The minimum absolute atomic E-state index is 0.0379. The highest BCUT2D eigenvalue weighted by Crippen LogP contribution is 2.28. The minimum atomic E-state index is -0.326. The van der Waals surface area contributed by atoms with Crippen molar-refractivity contribution in [1.29, 1.82) is 5.26 Å². The maximum atomic E-state index is 12.9. The Morgan fingerprint density at radius 2 is 1.88 bits per heavy atom. The fraction of sp³-hybridized carbons (Fsp3) is 0.263. The van der Waals surface area contributed by atoms with Crippen LogP contribution in [0.15, 0.2) is 42.5 Å². The normalized spacial score (nSPS) is 14.8. The highest BCUT2D eigenvalue weighted by atomic mass is 35.5. The van der Waals surface area contributed by atoms with E-state index >= 15 is 0 Å². The molecule has 0 spiro atoms. The summed E-state index contributed by atoms with van der Waals surface area (Å²) in [5.74, 6) is -0.438. The summed E-state index contributed by atoms with van der Waals surface area (Å²) in [7, 11) is 0. The van der Waals surface area contributed by atoms with Crippen LogP contribution in [0.3, 0.4) is 0 Å². The maximum Gasteiger partial charge on any atom is 0.227 e. The van der Waals surface area contributed by atoms with Crippen LogP contribution in [-0.4, -0.2) is 19.0 Å². The highest BCUT2D eigenvalue weighted by molar-refractivity contribution is 6.32. The Morgan fingerprint density at radius 1 is 1.20 bits per heavy atom. The average molecular weight is 358 g/mol. The van der Waals surface area contributed by atoms with Gasteiger partial charge in [-0.3, -0.25) is 4.79 Å². The molecule has 3 rings (SSSR count). The molecule has 0 saturated carbocycles. The molecule has 0 atom stereocenters. The fourth-order valence-electron chi connectivity index (χ4n) is 2.97. The lowest BCUT2D eigenvalue weighted by atomic mass is 9.95. The van der Waals surface area contributed by atoms with E-state index in [4.69, 9.17) is 16.9 Å². The van der Waals surface area contributed by atoms with Crippen LogP contribution in [0.5, 0.6) is 0 Å². The van der Waals surface area contributed by atoms with Gasteiger partial charge in [-0.2, -0.15) is 5.26 Å². The van der Waals surface area contributed by atoms with Crippen LogP contribution in [0.2, 0.25) is 5.02 Å². The van der Waals surface area contributed by atoms with Gasteiger partial charge in [0.15, 0.2) is 0 Å². The van der Waals surface area contributed by atoms with Crippen molar-refractivity contribution in [3.63, 3.8) is 0 Å². The molecule has 128 valence electrons. The molecule has 1 N–H and O–H groups in total. The Hall–Kier alpha value is -2.58. The van der Waals surface area contributed by atoms with Gasteiger partial charge in [0.05, 0.1) is 10.6 Å². The van der Waals surface area contributed by atoms with Gasteiger partial charge in [0.1, 0.15) is 11.9 Å². The summed E-state index contributed by atoms with van der Waals surface area (Å²) >= 11 is 6.09. The van der Waals surface area contributed by atoms with E-state index in [1.165, 1.54) is 12.1 Å². The van der Waals surface area contributed by atoms with Gasteiger partial charge in [-0.05, 0) is 55.3 Å². The summed E-state index contributed by atoms with van der Waals surface area (Å²) < 4.78 is 12.9. The molecule has 2 aromatic rings. The van der Waals surface area contributed by atoms with Gasteiger partial charge in [0.2, 0.25) is 5.91 Å². The van der Waals surface area contributed by atoms with Crippen LogP contribution in [0.1, 0.15) is 18.4 Å². The SMILES string of the molecule is N#Cc1ccc(N2CCC(C(=O)Nc3ccc(F)cc3)CC2)cc1Cl. The van der Waals surface area contributed by atoms with E-state index in [1.54, 1.807) is 24.3 Å². The van der Waals surface area contributed by atoms with Crippen LogP contribution in [-0.2, 0) is 4.79 Å². The molecule has 6 heteroatoms.